The summed E-state index contributed by atoms with van der Waals surface area (Å²) in [5.74, 6) is 5.22. The Bertz CT molecular complexity index is 998. The van der Waals surface area contributed by atoms with Gasteiger partial charge in [0.1, 0.15) is 6.26 Å². The van der Waals surface area contributed by atoms with Crippen molar-refractivity contribution in [1.29, 1.82) is 0 Å². The summed E-state index contributed by atoms with van der Waals surface area (Å²) in [6.45, 7) is 0. The number of hydrogen-bond donors (Lipinski definition) is 1. The Morgan fingerprint density at radius 2 is 1.77 bits per heavy atom. The Morgan fingerprint density at radius 1 is 1.04 bits per heavy atom. The molecule has 0 bridgehead atoms. The second-order valence-electron chi connectivity index (χ2n) is 5.24. The zero-order chi connectivity index (χ0) is 18.4. The zero-order valence-electron chi connectivity index (χ0n) is 13.9. The van der Waals surface area contributed by atoms with Crippen molar-refractivity contribution in [3.05, 3.63) is 83.2 Å². The highest BCUT2D eigenvalue weighted by Crippen LogP contribution is 2.12. The number of amides is 1. The van der Waals surface area contributed by atoms with Gasteiger partial charge in [0.15, 0.2) is 5.69 Å². The summed E-state index contributed by atoms with van der Waals surface area (Å²) in [5.41, 5.74) is 2.62. The first kappa shape index (κ1) is 17.0. The van der Waals surface area contributed by atoms with Gasteiger partial charge in [-0.1, -0.05) is 29.1 Å². The van der Waals surface area contributed by atoms with E-state index in [4.69, 9.17) is 4.74 Å². The van der Waals surface area contributed by atoms with Gasteiger partial charge in [0.25, 0.3) is 5.91 Å². The molecule has 1 amide bonds. The van der Waals surface area contributed by atoms with Crippen molar-refractivity contribution in [3.63, 3.8) is 0 Å². The Hall–Kier alpha value is -3.85. The van der Waals surface area contributed by atoms with E-state index in [1.54, 1.807) is 42.5 Å². The summed E-state index contributed by atoms with van der Waals surface area (Å²) >= 11 is 0. The second kappa shape index (κ2) is 7.81. The van der Waals surface area contributed by atoms with Crippen molar-refractivity contribution in [2.24, 2.45) is 0 Å². The van der Waals surface area contributed by atoms with Gasteiger partial charge < -0.3 is 14.6 Å². The van der Waals surface area contributed by atoms with Crippen LogP contribution in [-0.4, -0.2) is 24.1 Å². The fraction of sp³-hybridized carbons (Fsp3) is 0.0500. The maximum atomic E-state index is 12.0. The molecule has 3 rings (SSSR count). The second-order valence-corrected chi connectivity index (χ2v) is 5.24. The van der Waals surface area contributed by atoms with Crippen molar-refractivity contribution in [1.82, 2.24) is 5.16 Å². The Morgan fingerprint density at radius 3 is 2.46 bits per heavy atom. The van der Waals surface area contributed by atoms with Gasteiger partial charge in [0, 0.05) is 22.9 Å². The van der Waals surface area contributed by atoms with E-state index in [-0.39, 0.29) is 11.6 Å². The lowest BCUT2D eigenvalue weighted by molar-refractivity contribution is 0.0600. The van der Waals surface area contributed by atoms with Crippen molar-refractivity contribution < 1.29 is 18.8 Å². The standard InChI is InChI=1S/C20H14N2O4/c1-25-20(24)16-6-2-4-14(12-16)8-9-15-5-3-7-17(13-15)21-19(23)18-10-11-26-22-18/h2-7,10-13H,1H3,(H,21,23). The molecule has 0 radical (unpaired) electrons. The number of carbonyl (C=O) groups excluding carboxylic acids is 2. The monoisotopic (exact) mass is 346 g/mol. The molecule has 6 nitrogen and oxygen atoms in total. The van der Waals surface area contributed by atoms with Crippen LogP contribution in [-0.2, 0) is 4.74 Å². The van der Waals surface area contributed by atoms with E-state index >= 15 is 0 Å². The molecule has 0 spiro atoms. The number of rotatable bonds is 3. The molecule has 0 saturated heterocycles. The summed E-state index contributed by atoms with van der Waals surface area (Å²) in [5, 5.41) is 6.31. The molecule has 1 aromatic heterocycles. The molecule has 0 fully saturated rings. The fourth-order valence-corrected chi connectivity index (χ4v) is 2.19. The molecule has 1 heterocycles. The van der Waals surface area contributed by atoms with Crippen LogP contribution in [0.15, 0.2) is 65.4 Å². The Labute approximate surface area is 149 Å². The van der Waals surface area contributed by atoms with E-state index in [0.717, 1.165) is 0 Å². The molecule has 0 aliphatic carbocycles. The largest absolute Gasteiger partial charge is 0.465 e. The van der Waals surface area contributed by atoms with Crippen LogP contribution in [0.2, 0.25) is 0 Å². The lowest BCUT2D eigenvalue weighted by atomic mass is 10.1. The molecule has 6 heteroatoms. The minimum Gasteiger partial charge on any atom is -0.465 e. The van der Waals surface area contributed by atoms with Gasteiger partial charge in [-0.3, -0.25) is 4.79 Å². The smallest absolute Gasteiger partial charge is 0.337 e. The van der Waals surface area contributed by atoms with Gasteiger partial charge in [0.2, 0.25) is 0 Å². The molecule has 0 aliphatic rings. The van der Waals surface area contributed by atoms with Crippen LogP contribution in [0, 0.1) is 11.8 Å². The van der Waals surface area contributed by atoms with Crippen molar-refractivity contribution in [2.75, 3.05) is 12.4 Å². The quantitative estimate of drug-likeness (QED) is 0.582. The lowest BCUT2D eigenvalue weighted by Crippen LogP contribution is -2.12. The molecule has 128 valence electrons. The normalized spacial score (nSPS) is 9.73. The molecule has 2 aromatic carbocycles. The summed E-state index contributed by atoms with van der Waals surface area (Å²) in [6.07, 6.45) is 1.33. The van der Waals surface area contributed by atoms with Gasteiger partial charge in [-0.15, -0.1) is 0 Å². The maximum Gasteiger partial charge on any atom is 0.337 e. The third kappa shape index (κ3) is 4.16. The molecular weight excluding hydrogens is 332 g/mol. The van der Waals surface area contributed by atoms with Crippen LogP contribution < -0.4 is 5.32 Å². The summed E-state index contributed by atoms with van der Waals surface area (Å²) in [6, 6.07) is 15.5. The van der Waals surface area contributed by atoms with E-state index in [9.17, 15) is 9.59 Å². The van der Waals surface area contributed by atoms with E-state index < -0.39 is 5.97 Å². The Balaban J connectivity index is 1.77. The number of hydrogen-bond acceptors (Lipinski definition) is 5. The third-order valence-corrected chi connectivity index (χ3v) is 3.43. The molecular formula is C20H14N2O4. The predicted molar refractivity (Wildman–Crippen MR) is 94.7 cm³/mol. The lowest BCUT2D eigenvalue weighted by Gasteiger charge is -2.03. The molecule has 0 aliphatic heterocycles. The van der Waals surface area contributed by atoms with Crippen LogP contribution in [0.5, 0.6) is 0 Å². The first-order chi connectivity index (χ1) is 12.7. The number of anilines is 1. The fourth-order valence-electron chi connectivity index (χ4n) is 2.19. The minimum atomic E-state index is -0.411. The average Bonchev–Trinajstić information content (AvgIpc) is 3.21. The molecule has 0 saturated carbocycles. The van der Waals surface area contributed by atoms with E-state index in [2.05, 4.69) is 26.8 Å². The number of carbonyl (C=O) groups is 2. The highest BCUT2D eigenvalue weighted by atomic mass is 16.5. The summed E-state index contributed by atoms with van der Waals surface area (Å²) in [4.78, 5) is 23.5. The van der Waals surface area contributed by atoms with Gasteiger partial charge >= 0.3 is 5.97 Å². The molecule has 0 unspecified atom stereocenters. The number of nitrogens with one attached hydrogen (secondary N) is 1. The van der Waals surface area contributed by atoms with Gasteiger partial charge in [-0.2, -0.15) is 0 Å². The van der Waals surface area contributed by atoms with Crippen LogP contribution in [0.1, 0.15) is 32.0 Å². The van der Waals surface area contributed by atoms with E-state index in [1.165, 1.54) is 19.4 Å². The minimum absolute atomic E-state index is 0.195. The molecule has 0 atom stereocenters. The van der Waals surface area contributed by atoms with Crippen molar-refractivity contribution in [3.8, 4) is 11.8 Å². The zero-order valence-corrected chi connectivity index (χ0v) is 13.9. The van der Waals surface area contributed by atoms with Crippen LogP contribution in [0.3, 0.4) is 0 Å². The van der Waals surface area contributed by atoms with Gasteiger partial charge in [-0.25, -0.2) is 4.79 Å². The number of benzene rings is 2. The first-order valence-electron chi connectivity index (χ1n) is 7.68. The van der Waals surface area contributed by atoms with Crippen molar-refractivity contribution in [2.45, 2.75) is 0 Å². The summed E-state index contributed by atoms with van der Waals surface area (Å²) in [7, 11) is 1.33. The summed E-state index contributed by atoms with van der Waals surface area (Å²) < 4.78 is 9.35. The number of ether oxygens (including phenoxy) is 1. The number of esters is 1. The molecule has 1 N–H and O–H groups in total. The van der Waals surface area contributed by atoms with E-state index in [1.807, 2.05) is 6.07 Å². The van der Waals surface area contributed by atoms with E-state index in [0.29, 0.717) is 22.4 Å². The molecule has 3 aromatic rings. The van der Waals surface area contributed by atoms with Gasteiger partial charge in [-0.05, 0) is 36.4 Å². The SMILES string of the molecule is COC(=O)c1cccc(C#Cc2cccc(NC(=O)c3ccon3)c2)c1. The maximum absolute atomic E-state index is 12.0. The van der Waals surface area contributed by atoms with Crippen LogP contribution in [0.25, 0.3) is 0 Å². The predicted octanol–water partition coefficient (Wildman–Crippen LogP) is 3.11. The molecule has 26 heavy (non-hydrogen) atoms. The van der Waals surface area contributed by atoms with Gasteiger partial charge in [0.05, 0.1) is 12.7 Å². The first-order valence-corrected chi connectivity index (χ1v) is 7.68. The van der Waals surface area contributed by atoms with Crippen molar-refractivity contribution >= 4 is 17.6 Å². The van der Waals surface area contributed by atoms with Crippen LogP contribution >= 0.6 is 0 Å². The number of methoxy groups -OCH3 is 1. The third-order valence-electron chi connectivity index (χ3n) is 3.43. The Kier molecular flexibility index (Phi) is 5.11. The number of nitrogens with zero attached hydrogens (tertiary/aromatic N) is 1. The average molecular weight is 346 g/mol. The topological polar surface area (TPSA) is 81.4 Å². The highest BCUT2D eigenvalue weighted by molar-refractivity contribution is 6.02. The highest BCUT2D eigenvalue weighted by Gasteiger charge is 2.09. The van der Waals surface area contributed by atoms with Crippen LogP contribution in [0.4, 0.5) is 5.69 Å². The number of aromatic nitrogens is 1.